The van der Waals surface area contributed by atoms with E-state index < -0.39 is 0 Å². The van der Waals surface area contributed by atoms with Crippen LogP contribution in [0.2, 0.25) is 0 Å². The maximum atomic E-state index is 11.1. The first-order chi connectivity index (χ1) is 4.51. The molecule has 0 aliphatic carbocycles. The minimum Gasteiger partial charge on any atom is -0.349 e. The maximum Gasteiger partial charge on any atom is 0.233 e. The molecular formula is C7H13NOS. The van der Waals surface area contributed by atoms with Crippen molar-refractivity contribution in [1.29, 1.82) is 0 Å². The Hall–Kier alpha value is -0.180. The van der Waals surface area contributed by atoms with Gasteiger partial charge in [-0.25, -0.2) is 0 Å². The molecule has 1 N–H and O–H groups in total. The average molecular weight is 159 g/mol. The van der Waals surface area contributed by atoms with Gasteiger partial charge in [0.25, 0.3) is 0 Å². The fourth-order valence-corrected chi connectivity index (χ4v) is 1.83. The van der Waals surface area contributed by atoms with Gasteiger partial charge < -0.3 is 5.32 Å². The van der Waals surface area contributed by atoms with Gasteiger partial charge in [-0.15, -0.1) is 11.8 Å². The van der Waals surface area contributed by atoms with Gasteiger partial charge in [0.15, 0.2) is 0 Å². The van der Waals surface area contributed by atoms with E-state index in [2.05, 4.69) is 5.32 Å². The standard InChI is InChI=1S/C7H13NOS/c1-5-6(9)8-7(2,3)4-10-5/h5H,4H2,1-3H3,(H,8,9)/t5-/m0/s1. The molecule has 58 valence electrons. The van der Waals surface area contributed by atoms with Gasteiger partial charge in [-0.1, -0.05) is 0 Å². The largest absolute Gasteiger partial charge is 0.349 e. The molecule has 0 aromatic carbocycles. The van der Waals surface area contributed by atoms with Crippen molar-refractivity contribution < 1.29 is 4.79 Å². The van der Waals surface area contributed by atoms with Crippen LogP contribution in [0.25, 0.3) is 0 Å². The second-order valence-electron chi connectivity index (χ2n) is 3.33. The summed E-state index contributed by atoms with van der Waals surface area (Å²) in [5.74, 6) is 1.18. The lowest BCUT2D eigenvalue weighted by atomic mass is 10.1. The lowest BCUT2D eigenvalue weighted by molar-refractivity contribution is -0.122. The summed E-state index contributed by atoms with van der Waals surface area (Å²) >= 11 is 1.72. The van der Waals surface area contributed by atoms with E-state index in [9.17, 15) is 4.79 Å². The third-order valence-corrected chi connectivity index (χ3v) is 3.13. The Kier molecular flexibility index (Phi) is 1.95. The number of carbonyl (C=O) groups excluding carboxylic acids is 1. The van der Waals surface area contributed by atoms with Gasteiger partial charge in [0, 0.05) is 11.3 Å². The number of amides is 1. The SMILES string of the molecule is C[C@@H]1SCC(C)(C)NC1=O. The molecule has 1 fully saturated rings. The van der Waals surface area contributed by atoms with Gasteiger partial charge in [-0.3, -0.25) is 4.79 Å². The molecule has 1 aliphatic rings. The van der Waals surface area contributed by atoms with Crippen LogP contribution >= 0.6 is 11.8 Å². The fourth-order valence-electron chi connectivity index (χ4n) is 0.880. The third-order valence-electron chi connectivity index (χ3n) is 1.52. The minimum absolute atomic E-state index is 0.00569. The zero-order chi connectivity index (χ0) is 7.78. The van der Waals surface area contributed by atoms with Crippen molar-refractivity contribution in [3.05, 3.63) is 0 Å². The third kappa shape index (κ3) is 1.66. The Balaban J connectivity index is 2.57. The summed E-state index contributed by atoms with van der Waals surface area (Å²) in [6.07, 6.45) is 0. The Morgan fingerprint density at radius 3 is 2.70 bits per heavy atom. The summed E-state index contributed by atoms with van der Waals surface area (Å²) in [6.45, 7) is 6.03. The highest BCUT2D eigenvalue weighted by Gasteiger charge is 2.29. The summed E-state index contributed by atoms with van der Waals surface area (Å²) in [5.41, 5.74) is -0.00569. The topological polar surface area (TPSA) is 29.1 Å². The average Bonchev–Trinajstić information content (AvgIpc) is 1.79. The number of nitrogens with one attached hydrogen (secondary N) is 1. The Morgan fingerprint density at radius 2 is 2.30 bits per heavy atom. The molecule has 0 spiro atoms. The van der Waals surface area contributed by atoms with Gasteiger partial charge in [0.1, 0.15) is 0 Å². The van der Waals surface area contributed by atoms with Gasteiger partial charge in [0.05, 0.1) is 5.25 Å². The van der Waals surface area contributed by atoms with E-state index in [1.807, 2.05) is 20.8 Å². The van der Waals surface area contributed by atoms with Crippen LogP contribution in [0.5, 0.6) is 0 Å². The minimum atomic E-state index is -0.00569. The number of hydrogen-bond donors (Lipinski definition) is 1. The Bertz CT molecular complexity index is 156. The molecule has 0 aromatic heterocycles. The Labute approximate surface area is 65.8 Å². The number of rotatable bonds is 0. The molecule has 1 aliphatic heterocycles. The zero-order valence-corrected chi connectivity index (χ0v) is 7.42. The van der Waals surface area contributed by atoms with Gasteiger partial charge in [-0.2, -0.15) is 0 Å². The van der Waals surface area contributed by atoms with Crippen LogP contribution in [0.4, 0.5) is 0 Å². The lowest BCUT2D eigenvalue weighted by Crippen LogP contribution is -2.52. The second kappa shape index (κ2) is 2.46. The lowest BCUT2D eigenvalue weighted by Gasteiger charge is -2.33. The molecule has 0 bridgehead atoms. The second-order valence-corrected chi connectivity index (χ2v) is 4.66. The molecule has 1 rings (SSSR count). The highest BCUT2D eigenvalue weighted by molar-refractivity contribution is 8.00. The van der Waals surface area contributed by atoms with Crippen molar-refractivity contribution in [3.8, 4) is 0 Å². The van der Waals surface area contributed by atoms with Crippen molar-refractivity contribution >= 4 is 17.7 Å². The molecule has 3 heteroatoms. The van der Waals surface area contributed by atoms with Crippen molar-refractivity contribution in [2.75, 3.05) is 5.75 Å². The molecule has 0 radical (unpaired) electrons. The summed E-state index contributed by atoms with van der Waals surface area (Å²) in [7, 11) is 0. The van der Waals surface area contributed by atoms with Crippen molar-refractivity contribution in [2.45, 2.75) is 31.6 Å². The van der Waals surface area contributed by atoms with Crippen LogP contribution in [0.3, 0.4) is 0 Å². The van der Waals surface area contributed by atoms with Crippen molar-refractivity contribution in [1.82, 2.24) is 5.32 Å². The fraction of sp³-hybridized carbons (Fsp3) is 0.857. The molecule has 1 atom stereocenters. The van der Waals surface area contributed by atoms with Crippen molar-refractivity contribution in [3.63, 3.8) is 0 Å². The summed E-state index contributed by atoms with van der Waals surface area (Å²) in [6, 6.07) is 0. The highest BCUT2D eigenvalue weighted by Crippen LogP contribution is 2.22. The van der Waals surface area contributed by atoms with E-state index in [0.29, 0.717) is 0 Å². The van der Waals surface area contributed by atoms with Crippen LogP contribution < -0.4 is 5.32 Å². The molecule has 0 saturated carbocycles. The zero-order valence-electron chi connectivity index (χ0n) is 6.60. The van der Waals surface area contributed by atoms with E-state index in [1.54, 1.807) is 11.8 Å². The van der Waals surface area contributed by atoms with Crippen LogP contribution in [0.1, 0.15) is 20.8 Å². The number of carbonyl (C=O) groups is 1. The molecule has 10 heavy (non-hydrogen) atoms. The number of hydrogen-bond acceptors (Lipinski definition) is 2. The summed E-state index contributed by atoms with van der Waals surface area (Å²) in [4.78, 5) is 11.1. The van der Waals surface area contributed by atoms with E-state index in [-0.39, 0.29) is 16.7 Å². The van der Waals surface area contributed by atoms with Crippen LogP contribution in [0, 0.1) is 0 Å². The first-order valence-corrected chi connectivity index (χ1v) is 4.50. The molecule has 1 saturated heterocycles. The van der Waals surface area contributed by atoms with Crippen LogP contribution in [-0.4, -0.2) is 22.4 Å². The van der Waals surface area contributed by atoms with Gasteiger partial charge in [-0.05, 0) is 20.8 Å². The predicted molar refractivity (Wildman–Crippen MR) is 44.1 cm³/mol. The summed E-state index contributed by atoms with van der Waals surface area (Å²) in [5, 5.41) is 3.08. The number of thioether (sulfide) groups is 1. The maximum absolute atomic E-state index is 11.1. The van der Waals surface area contributed by atoms with Crippen molar-refractivity contribution in [2.24, 2.45) is 0 Å². The van der Waals surface area contributed by atoms with E-state index in [0.717, 1.165) is 5.75 Å². The Morgan fingerprint density at radius 1 is 1.70 bits per heavy atom. The molecule has 2 nitrogen and oxygen atoms in total. The predicted octanol–water partition coefficient (Wildman–Crippen LogP) is 1.02. The van der Waals surface area contributed by atoms with E-state index >= 15 is 0 Å². The van der Waals surface area contributed by atoms with Gasteiger partial charge >= 0.3 is 0 Å². The monoisotopic (exact) mass is 159 g/mol. The normalized spacial score (nSPS) is 31.5. The molecular weight excluding hydrogens is 146 g/mol. The highest BCUT2D eigenvalue weighted by atomic mass is 32.2. The molecule has 0 unspecified atom stereocenters. The quantitative estimate of drug-likeness (QED) is 0.571. The van der Waals surface area contributed by atoms with Crippen LogP contribution in [0.15, 0.2) is 0 Å². The van der Waals surface area contributed by atoms with Gasteiger partial charge in [0.2, 0.25) is 5.91 Å². The van der Waals surface area contributed by atoms with E-state index in [1.165, 1.54) is 0 Å². The first-order valence-electron chi connectivity index (χ1n) is 3.45. The van der Waals surface area contributed by atoms with Crippen LogP contribution in [-0.2, 0) is 4.79 Å². The molecule has 1 amide bonds. The molecule has 1 heterocycles. The van der Waals surface area contributed by atoms with E-state index in [4.69, 9.17) is 0 Å². The molecule has 0 aromatic rings. The smallest absolute Gasteiger partial charge is 0.233 e. The summed E-state index contributed by atoms with van der Waals surface area (Å²) < 4.78 is 0. The first kappa shape index (κ1) is 7.92.